The Labute approximate surface area is 119 Å². The molecule has 0 unspecified atom stereocenters. The third kappa shape index (κ3) is 2.60. The molecular formula is C13H11ClN2O4. The van der Waals surface area contributed by atoms with Crippen molar-refractivity contribution >= 4 is 29.7 Å². The van der Waals surface area contributed by atoms with Gasteiger partial charge in [-0.25, -0.2) is 9.78 Å². The third-order valence-electron chi connectivity index (χ3n) is 2.58. The van der Waals surface area contributed by atoms with Gasteiger partial charge in [0.1, 0.15) is 22.9 Å². The van der Waals surface area contributed by atoms with Crippen LogP contribution in [-0.2, 0) is 4.74 Å². The summed E-state index contributed by atoms with van der Waals surface area (Å²) in [6.07, 6.45) is 6.18. The van der Waals surface area contributed by atoms with E-state index in [1.807, 2.05) is 0 Å². The minimum atomic E-state index is -0.761. The number of aromatic amines is 1. The number of hydrogen-bond donors (Lipinski definition) is 3. The summed E-state index contributed by atoms with van der Waals surface area (Å²) in [6, 6.07) is 0.985. The second-order valence-electron chi connectivity index (χ2n) is 3.82. The molecule has 1 heterocycles. The Kier molecular flexibility index (Phi) is 3.95. The van der Waals surface area contributed by atoms with Gasteiger partial charge in [0, 0.05) is 24.0 Å². The molecule has 6 nitrogen and oxygen atoms in total. The second-order valence-corrected chi connectivity index (χ2v) is 4.19. The Bertz CT molecular complexity index is 666. The van der Waals surface area contributed by atoms with E-state index in [9.17, 15) is 15.0 Å². The summed E-state index contributed by atoms with van der Waals surface area (Å²) in [7, 11) is 1.18. The van der Waals surface area contributed by atoms with E-state index in [-0.39, 0.29) is 21.9 Å². The number of hydrogen-bond acceptors (Lipinski definition) is 5. The van der Waals surface area contributed by atoms with E-state index in [1.165, 1.54) is 13.2 Å². The number of phenols is 2. The van der Waals surface area contributed by atoms with Crippen LogP contribution in [0.4, 0.5) is 0 Å². The zero-order valence-corrected chi connectivity index (χ0v) is 11.2. The molecule has 0 aliphatic rings. The van der Waals surface area contributed by atoms with E-state index < -0.39 is 11.7 Å². The first-order valence-electron chi connectivity index (χ1n) is 5.54. The van der Waals surface area contributed by atoms with Crippen LogP contribution in [0.3, 0.4) is 0 Å². The van der Waals surface area contributed by atoms with Crippen LogP contribution in [-0.4, -0.2) is 33.3 Å². The molecule has 2 rings (SSSR count). The number of H-pyrrole nitrogens is 1. The van der Waals surface area contributed by atoms with Crippen LogP contribution in [0.2, 0.25) is 5.02 Å². The zero-order valence-electron chi connectivity index (χ0n) is 10.4. The molecule has 1 aromatic carbocycles. The molecular weight excluding hydrogens is 284 g/mol. The van der Waals surface area contributed by atoms with E-state index in [1.54, 1.807) is 18.5 Å². The van der Waals surface area contributed by atoms with Gasteiger partial charge in [-0.15, -0.1) is 0 Å². The Balaban J connectivity index is 2.57. The fourth-order valence-electron chi connectivity index (χ4n) is 1.65. The highest BCUT2D eigenvalue weighted by Crippen LogP contribution is 2.37. The van der Waals surface area contributed by atoms with Gasteiger partial charge in [0.25, 0.3) is 0 Å². The molecule has 0 fully saturated rings. The maximum absolute atomic E-state index is 11.7. The number of benzene rings is 1. The monoisotopic (exact) mass is 294 g/mol. The SMILES string of the molecule is COC(=O)c1c(O)cc(O)c(Cl)c1/C=C\c1ncc[nH]1. The number of ether oxygens (including phenoxy) is 1. The molecule has 104 valence electrons. The molecule has 0 saturated heterocycles. The molecule has 0 radical (unpaired) electrons. The van der Waals surface area contributed by atoms with Crippen LogP contribution in [0.25, 0.3) is 12.2 Å². The van der Waals surface area contributed by atoms with Crippen LogP contribution >= 0.6 is 11.6 Å². The molecule has 0 amide bonds. The molecule has 20 heavy (non-hydrogen) atoms. The number of nitrogens with one attached hydrogen (secondary N) is 1. The van der Waals surface area contributed by atoms with Crippen molar-refractivity contribution in [1.82, 2.24) is 9.97 Å². The first-order valence-corrected chi connectivity index (χ1v) is 5.92. The summed E-state index contributed by atoms with van der Waals surface area (Å²) >= 11 is 5.96. The number of nitrogens with zero attached hydrogens (tertiary/aromatic N) is 1. The van der Waals surface area contributed by atoms with Gasteiger partial charge in [-0.3, -0.25) is 0 Å². The predicted molar refractivity (Wildman–Crippen MR) is 73.6 cm³/mol. The lowest BCUT2D eigenvalue weighted by Gasteiger charge is -2.10. The maximum Gasteiger partial charge on any atom is 0.342 e. The molecule has 0 spiro atoms. The van der Waals surface area contributed by atoms with Gasteiger partial charge in [-0.2, -0.15) is 0 Å². The Morgan fingerprint density at radius 1 is 1.40 bits per heavy atom. The largest absolute Gasteiger partial charge is 0.507 e. The lowest BCUT2D eigenvalue weighted by atomic mass is 10.0. The third-order valence-corrected chi connectivity index (χ3v) is 2.97. The second kappa shape index (κ2) is 5.66. The van der Waals surface area contributed by atoms with Gasteiger partial charge in [0.15, 0.2) is 0 Å². The van der Waals surface area contributed by atoms with Crippen molar-refractivity contribution in [2.75, 3.05) is 7.11 Å². The molecule has 0 atom stereocenters. The first-order chi connectivity index (χ1) is 9.54. The highest BCUT2D eigenvalue weighted by molar-refractivity contribution is 6.34. The molecule has 7 heteroatoms. The Morgan fingerprint density at radius 2 is 2.15 bits per heavy atom. The summed E-state index contributed by atoms with van der Waals surface area (Å²) in [5.74, 6) is -0.989. The number of phenolic OH excluding ortho intramolecular Hbond substituents is 2. The number of aromatic hydroxyl groups is 2. The van der Waals surface area contributed by atoms with Gasteiger partial charge in [0.2, 0.25) is 0 Å². The van der Waals surface area contributed by atoms with E-state index in [2.05, 4.69) is 14.7 Å². The maximum atomic E-state index is 11.7. The highest BCUT2D eigenvalue weighted by Gasteiger charge is 2.21. The van der Waals surface area contributed by atoms with Crippen LogP contribution in [0, 0.1) is 0 Å². The smallest absolute Gasteiger partial charge is 0.342 e. The quantitative estimate of drug-likeness (QED) is 0.756. The molecule has 2 aromatic rings. The lowest BCUT2D eigenvalue weighted by Crippen LogP contribution is -2.05. The van der Waals surface area contributed by atoms with Gasteiger partial charge in [0.05, 0.1) is 12.1 Å². The van der Waals surface area contributed by atoms with Gasteiger partial charge >= 0.3 is 5.97 Å². The normalized spacial score (nSPS) is 10.9. The number of imidazole rings is 1. The van der Waals surface area contributed by atoms with Gasteiger partial charge in [-0.1, -0.05) is 11.6 Å². The number of halogens is 1. The fourth-order valence-corrected chi connectivity index (χ4v) is 1.87. The van der Waals surface area contributed by atoms with Crippen molar-refractivity contribution in [3.8, 4) is 11.5 Å². The Morgan fingerprint density at radius 3 is 2.75 bits per heavy atom. The number of rotatable bonds is 3. The van der Waals surface area contributed by atoms with Crippen molar-refractivity contribution in [2.45, 2.75) is 0 Å². The molecule has 0 saturated carbocycles. The summed E-state index contributed by atoms with van der Waals surface area (Å²) in [5, 5.41) is 19.3. The Hall–Kier alpha value is -2.47. The van der Waals surface area contributed by atoms with E-state index >= 15 is 0 Å². The number of carbonyl (C=O) groups excluding carboxylic acids is 1. The molecule has 0 aliphatic carbocycles. The number of esters is 1. The van der Waals surface area contributed by atoms with Crippen molar-refractivity contribution in [3.05, 3.63) is 40.4 Å². The summed E-state index contributed by atoms with van der Waals surface area (Å²) in [6.45, 7) is 0. The molecule has 3 N–H and O–H groups in total. The summed E-state index contributed by atoms with van der Waals surface area (Å²) in [4.78, 5) is 18.5. The zero-order chi connectivity index (χ0) is 14.7. The van der Waals surface area contributed by atoms with E-state index in [0.29, 0.717) is 5.82 Å². The van der Waals surface area contributed by atoms with Gasteiger partial charge in [-0.05, 0) is 12.2 Å². The first kappa shape index (κ1) is 14.0. The lowest BCUT2D eigenvalue weighted by molar-refractivity contribution is 0.0597. The number of carbonyl (C=O) groups is 1. The molecule has 0 aliphatic heterocycles. The highest BCUT2D eigenvalue weighted by atomic mass is 35.5. The fraction of sp³-hybridized carbons (Fsp3) is 0.0769. The minimum absolute atomic E-state index is 0.0639. The minimum Gasteiger partial charge on any atom is -0.507 e. The summed E-state index contributed by atoms with van der Waals surface area (Å²) < 4.78 is 4.59. The summed E-state index contributed by atoms with van der Waals surface area (Å²) in [5.41, 5.74) is 0.0190. The number of methoxy groups -OCH3 is 1. The average molecular weight is 295 g/mol. The van der Waals surface area contributed by atoms with Gasteiger partial charge < -0.3 is 19.9 Å². The number of aromatic nitrogens is 2. The van der Waals surface area contributed by atoms with Crippen molar-refractivity contribution < 1.29 is 19.7 Å². The predicted octanol–water partition coefficient (Wildman–Crippen LogP) is 2.43. The van der Waals surface area contributed by atoms with Crippen LogP contribution < -0.4 is 0 Å². The van der Waals surface area contributed by atoms with E-state index in [0.717, 1.165) is 6.07 Å². The van der Waals surface area contributed by atoms with Crippen molar-refractivity contribution in [1.29, 1.82) is 0 Å². The van der Waals surface area contributed by atoms with E-state index in [4.69, 9.17) is 11.6 Å². The van der Waals surface area contributed by atoms with Crippen molar-refractivity contribution in [2.24, 2.45) is 0 Å². The molecule has 0 bridgehead atoms. The topological polar surface area (TPSA) is 95.4 Å². The molecule has 1 aromatic heterocycles. The van der Waals surface area contributed by atoms with Crippen LogP contribution in [0.15, 0.2) is 18.5 Å². The average Bonchev–Trinajstić information content (AvgIpc) is 2.93. The van der Waals surface area contributed by atoms with Crippen molar-refractivity contribution in [3.63, 3.8) is 0 Å². The standard InChI is InChI=1S/C13H11ClN2O4/c1-20-13(19)11-7(2-3-10-15-4-5-16-10)12(14)9(18)6-8(11)17/h2-6,17-18H,1H3,(H,15,16)/b3-2-. The van der Waals surface area contributed by atoms with Crippen LogP contribution in [0.5, 0.6) is 11.5 Å². The van der Waals surface area contributed by atoms with Crippen LogP contribution in [0.1, 0.15) is 21.7 Å².